The Bertz CT molecular complexity index is 1760. The fraction of sp³-hybridized carbons (Fsp3) is 0. The Morgan fingerprint density at radius 3 is 0.930 bits per heavy atom. The first-order valence-electron chi connectivity index (χ1n) is 12.0. The van der Waals surface area contributed by atoms with Crippen molar-refractivity contribution in [2.75, 3.05) is 0 Å². The average molecular weight is 723 g/mol. The Hall–Kier alpha value is -5.01. The Labute approximate surface area is 273 Å². The van der Waals surface area contributed by atoms with Crippen LogP contribution in [0.3, 0.4) is 0 Å². The number of carbonyl (C=O) groups excluding carboxylic acids is 3. The zero-order chi connectivity index (χ0) is 30.4. The number of carboxylic acids is 3. The second-order valence-electron chi connectivity index (χ2n) is 8.50. The number of carboxylic acid groups (broad SMARTS) is 3. The summed E-state index contributed by atoms with van der Waals surface area (Å²) in [4.78, 5) is 42.8. The number of para-hydroxylation sites is 3. The molecule has 6 aromatic rings. The maximum atomic E-state index is 10.5. The van der Waals surface area contributed by atoms with Crippen molar-refractivity contribution < 1.29 is 83.6 Å². The smallest absolute Gasteiger partial charge is 0.543 e. The molecule has 0 unspecified atom stereocenters. The van der Waals surface area contributed by atoms with Gasteiger partial charge in [-0.1, -0.05) is 54.6 Å². The molecule has 3 N–H and O–H groups in total. The fourth-order valence-electron chi connectivity index (χ4n) is 3.74. The van der Waals surface area contributed by atoms with E-state index in [1.54, 1.807) is 54.6 Å². The molecule has 0 aliphatic heterocycles. The zero-order valence-corrected chi connectivity index (χ0v) is 23.8. The molecule has 0 aliphatic rings. The van der Waals surface area contributed by atoms with Crippen LogP contribution in [0.25, 0.3) is 32.7 Å². The first-order chi connectivity index (χ1) is 20.0. The standard InChI is InChI=1S/3C10H7NO3.Tb/c3*12-8-3-1-2-6-4-5-7(10(13)14)11-9(6)8;/h3*1-5,12H,(H,13,14);/q;;;+3/p-3. The van der Waals surface area contributed by atoms with Gasteiger partial charge in [0.05, 0.1) is 35.0 Å². The van der Waals surface area contributed by atoms with Gasteiger partial charge < -0.3 is 45.0 Å². The molecule has 6 rings (SSSR count). The third kappa shape index (κ3) is 7.84. The number of aromatic hydroxyl groups is 3. The Balaban J connectivity index is 0.000000175. The van der Waals surface area contributed by atoms with Crippen LogP contribution in [-0.4, -0.2) is 48.2 Å². The predicted molar refractivity (Wildman–Crippen MR) is 143 cm³/mol. The van der Waals surface area contributed by atoms with Crippen molar-refractivity contribution in [2.45, 2.75) is 0 Å². The van der Waals surface area contributed by atoms with Crippen LogP contribution in [0, 0.1) is 38.6 Å². The molecule has 216 valence electrons. The van der Waals surface area contributed by atoms with E-state index in [0.29, 0.717) is 16.2 Å². The molecule has 0 atom stereocenters. The number of pyridine rings is 3. The first-order valence-corrected chi connectivity index (χ1v) is 12.0. The third-order valence-electron chi connectivity index (χ3n) is 5.72. The van der Waals surface area contributed by atoms with Gasteiger partial charge in [0.2, 0.25) is 0 Å². The van der Waals surface area contributed by atoms with Gasteiger partial charge >= 0.3 is 38.6 Å². The number of hydrogen-bond donors (Lipinski definition) is 3. The van der Waals surface area contributed by atoms with E-state index in [0.717, 1.165) is 0 Å². The molecule has 0 spiro atoms. The molecule has 13 heteroatoms. The Morgan fingerprint density at radius 2 is 0.698 bits per heavy atom. The van der Waals surface area contributed by atoms with Gasteiger partial charge in [-0.05, 0) is 36.4 Å². The minimum absolute atomic E-state index is 0. The van der Waals surface area contributed by atoms with E-state index in [4.69, 9.17) is 0 Å². The number of phenolic OH excluding ortho intramolecular Hbond substituents is 3. The topological polar surface area (TPSA) is 220 Å². The van der Waals surface area contributed by atoms with Crippen molar-refractivity contribution in [1.82, 2.24) is 15.0 Å². The normalized spacial score (nSPS) is 10.0. The number of phenols is 3. The SMILES string of the molecule is O=C([O-])c1ccc2cccc(O)c2n1.O=C([O-])c1ccc2cccc(O)c2n1.O=C([O-])c1ccc2cccc(O)c2n1.[Tb+3]. The average Bonchev–Trinajstić information content (AvgIpc) is 2.98. The van der Waals surface area contributed by atoms with Gasteiger partial charge in [-0.3, -0.25) is 0 Å². The molecule has 3 aromatic heterocycles. The second-order valence-corrected chi connectivity index (χ2v) is 8.50. The molecule has 3 heterocycles. The molecule has 0 bridgehead atoms. The molecule has 43 heavy (non-hydrogen) atoms. The van der Waals surface area contributed by atoms with Gasteiger partial charge in [0.25, 0.3) is 0 Å². The van der Waals surface area contributed by atoms with Crippen LogP contribution in [-0.2, 0) is 0 Å². The van der Waals surface area contributed by atoms with Crippen LogP contribution in [0.1, 0.15) is 31.5 Å². The van der Waals surface area contributed by atoms with Gasteiger partial charge in [0, 0.05) is 16.2 Å². The van der Waals surface area contributed by atoms with Gasteiger partial charge in [-0.2, -0.15) is 0 Å². The maximum Gasteiger partial charge on any atom is 3.00 e. The summed E-state index contributed by atoms with van der Waals surface area (Å²) in [6.45, 7) is 0. The summed E-state index contributed by atoms with van der Waals surface area (Å²) >= 11 is 0. The van der Waals surface area contributed by atoms with Crippen molar-refractivity contribution in [3.63, 3.8) is 0 Å². The van der Waals surface area contributed by atoms with Crippen molar-refractivity contribution in [3.8, 4) is 17.2 Å². The van der Waals surface area contributed by atoms with Crippen LogP contribution in [0.4, 0.5) is 0 Å². The van der Waals surface area contributed by atoms with Crippen LogP contribution < -0.4 is 15.3 Å². The minimum atomic E-state index is -1.35. The summed E-state index contributed by atoms with van der Waals surface area (Å²) in [7, 11) is 0. The van der Waals surface area contributed by atoms with Gasteiger partial charge in [0.15, 0.2) is 0 Å². The van der Waals surface area contributed by atoms with Crippen LogP contribution in [0.5, 0.6) is 17.2 Å². The molecule has 0 fully saturated rings. The maximum absolute atomic E-state index is 10.5. The molecule has 12 nitrogen and oxygen atoms in total. The first kappa shape index (κ1) is 32.5. The number of rotatable bonds is 3. The number of fused-ring (bicyclic) bond motifs is 3. The number of hydrogen-bond acceptors (Lipinski definition) is 12. The van der Waals surface area contributed by atoms with Crippen molar-refractivity contribution in [2.24, 2.45) is 0 Å². The van der Waals surface area contributed by atoms with E-state index in [2.05, 4.69) is 15.0 Å². The molecule has 0 saturated carbocycles. The van der Waals surface area contributed by atoms with Gasteiger partial charge in [-0.15, -0.1) is 0 Å². The van der Waals surface area contributed by atoms with E-state index >= 15 is 0 Å². The van der Waals surface area contributed by atoms with Crippen LogP contribution in [0.2, 0.25) is 0 Å². The predicted octanol–water partition coefficient (Wildman–Crippen LogP) is 0.912. The molecular weight excluding hydrogens is 705 g/mol. The van der Waals surface area contributed by atoms with Crippen LogP contribution >= 0.6 is 0 Å². The summed E-state index contributed by atoms with van der Waals surface area (Å²) in [5.41, 5.74) is 0.273. The summed E-state index contributed by atoms with van der Waals surface area (Å²) in [6.07, 6.45) is 0. The van der Waals surface area contributed by atoms with Gasteiger partial charge in [0.1, 0.15) is 33.8 Å². The minimum Gasteiger partial charge on any atom is -0.543 e. The van der Waals surface area contributed by atoms with E-state index < -0.39 is 17.9 Å². The summed E-state index contributed by atoms with van der Waals surface area (Å²) in [6, 6.07) is 23.3. The van der Waals surface area contributed by atoms with Crippen molar-refractivity contribution in [3.05, 3.63) is 108 Å². The van der Waals surface area contributed by atoms with Crippen LogP contribution in [0.15, 0.2) is 91.0 Å². The van der Waals surface area contributed by atoms with Crippen molar-refractivity contribution >= 4 is 50.6 Å². The van der Waals surface area contributed by atoms with E-state index in [1.807, 2.05) is 0 Å². The Kier molecular flexibility index (Phi) is 10.8. The van der Waals surface area contributed by atoms with E-state index in [-0.39, 0.29) is 89.5 Å². The van der Waals surface area contributed by atoms with E-state index in [1.165, 1.54) is 36.4 Å². The van der Waals surface area contributed by atoms with Crippen molar-refractivity contribution in [1.29, 1.82) is 0 Å². The molecule has 3 aromatic carbocycles. The zero-order valence-electron chi connectivity index (χ0n) is 21.6. The number of carbonyl (C=O) groups is 3. The summed E-state index contributed by atoms with van der Waals surface area (Å²) in [5.74, 6) is -4.16. The Morgan fingerprint density at radius 1 is 0.442 bits per heavy atom. The summed E-state index contributed by atoms with van der Waals surface area (Å²) < 4.78 is 0. The largest absolute Gasteiger partial charge is 3.00 e. The molecule has 0 saturated heterocycles. The number of aromatic carboxylic acids is 3. The molecular formula is C30H18N3O9Tb. The molecule has 0 aliphatic carbocycles. The fourth-order valence-corrected chi connectivity index (χ4v) is 3.74. The summed E-state index contributed by atoms with van der Waals surface area (Å²) in [5, 5.41) is 61.8. The number of benzene rings is 3. The van der Waals surface area contributed by atoms with E-state index in [9.17, 15) is 45.0 Å². The number of aromatic nitrogens is 3. The number of nitrogens with zero attached hydrogens (tertiary/aromatic N) is 3. The van der Waals surface area contributed by atoms with Gasteiger partial charge in [-0.25, -0.2) is 15.0 Å². The second kappa shape index (κ2) is 14.2. The quantitative estimate of drug-likeness (QED) is 0.232. The molecule has 0 radical (unpaired) electrons. The monoisotopic (exact) mass is 723 g/mol. The molecule has 0 amide bonds. The third-order valence-corrected chi connectivity index (χ3v) is 5.72.